The fraction of sp³-hybridized carbons (Fsp3) is 0.917. The van der Waals surface area contributed by atoms with Gasteiger partial charge in [-0.1, -0.05) is 12.8 Å². The quantitative estimate of drug-likeness (QED) is 0.766. The molecule has 1 aliphatic carbocycles. The van der Waals surface area contributed by atoms with E-state index in [2.05, 4.69) is 10.1 Å². The van der Waals surface area contributed by atoms with Crippen LogP contribution in [0, 0.1) is 0 Å². The highest BCUT2D eigenvalue weighted by Crippen LogP contribution is 2.27. The monoisotopic (exact) mass is 299 g/mol. The minimum Gasteiger partial charge on any atom is -0.372 e. The summed E-state index contributed by atoms with van der Waals surface area (Å²) in [6.07, 6.45) is 1.95. The van der Waals surface area contributed by atoms with E-state index in [1.165, 1.54) is 6.42 Å². The van der Waals surface area contributed by atoms with Crippen molar-refractivity contribution in [3.05, 3.63) is 0 Å². The molecule has 0 spiro atoms. The SMILES string of the molecule is CS[C@@H]1CCCC[C@H]1NC(=O)CCOCC(F)(F)F. The summed E-state index contributed by atoms with van der Waals surface area (Å²) in [5.41, 5.74) is 0. The molecular formula is C12H20F3NO2S. The Hall–Kier alpha value is -0.430. The van der Waals surface area contributed by atoms with Gasteiger partial charge in [-0.15, -0.1) is 0 Å². The first-order valence-electron chi connectivity index (χ1n) is 6.39. The number of alkyl halides is 3. The summed E-state index contributed by atoms with van der Waals surface area (Å²) in [6, 6.07) is 0.138. The Balaban J connectivity index is 2.19. The molecule has 0 saturated heterocycles. The molecule has 0 unspecified atom stereocenters. The molecule has 19 heavy (non-hydrogen) atoms. The van der Waals surface area contributed by atoms with Gasteiger partial charge in [0.15, 0.2) is 0 Å². The van der Waals surface area contributed by atoms with Crippen LogP contribution in [0.1, 0.15) is 32.1 Å². The van der Waals surface area contributed by atoms with Gasteiger partial charge in [-0.2, -0.15) is 24.9 Å². The first-order chi connectivity index (χ1) is 8.92. The van der Waals surface area contributed by atoms with Gasteiger partial charge < -0.3 is 10.1 Å². The highest BCUT2D eigenvalue weighted by Gasteiger charge is 2.28. The number of nitrogens with one attached hydrogen (secondary N) is 1. The van der Waals surface area contributed by atoms with E-state index in [1.807, 2.05) is 6.26 Å². The largest absolute Gasteiger partial charge is 0.411 e. The molecule has 7 heteroatoms. The molecule has 112 valence electrons. The summed E-state index contributed by atoms with van der Waals surface area (Å²) < 4.78 is 39.9. The summed E-state index contributed by atoms with van der Waals surface area (Å²) in [5.74, 6) is -0.229. The Bertz CT molecular complexity index is 287. The van der Waals surface area contributed by atoms with Crippen LogP contribution in [0.5, 0.6) is 0 Å². The maximum atomic E-state index is 11.8. The maximum absolute atomic E-state index is 11.8. The maximum Gasteiger partial charge on any atom is 0.411 e. The van der Waals surface area contributed by atoms with Crippen molar-refractivity contribution in [2.24, 2.45) is 0 Å². The normalized spacial score (nSPS) is 24.2. The van der Waals surface area contributed by atoms with E-state index < -0.39 is 12.8 Å². The topological polar surface area (TPSA) is 38.3 Å². The summed E-state index contributed by atoms with van der Waals surface area (Å²) in [7, 11) is 0. The van der Waals surface area contributed by atoms with E-state index in [-0.39, 0.29) is 25.0 Å². The second-order valence-electron chi connectivity index (χ2n) is 4.65. The second-order valence-corrected chi connectivity index (χ2v) is 5.73. The first-order valence-corrected chi connectivity index (χ1v) is 7.68. The molecule has 1 fully saturated rings. The predicted octanol–water partition coefficient (Wildman–Crippen LogP) is 2.75. The van der Waals surface area contributed by atoms with Gasteiger partial charge in [-0.25, -0.2) is 0 Å². The lowest BCUT2D eigenvalue weighted by molar-refractivity contribution is -0.174. The lowest BCUT2D eigenvalue weighted by Crippen LogP contribution is -2.44. The summed E-state index contributed by atoms with van der Waals surface area (Å²) in [6.45, 7) is -1.49. The van der Waals surface area contributed by atoms with Crippen molar-refractivity contribution in [2.75, 3.05) is 19.5 Å². The Kier molecular flexibility index (Phi) is 6.99. The van der Waals surface area contributed by atoms with Gasteiger partial charge in [0.25, 0.3) is 0 Å². The zero-order chi connectivity index (χ0) is 14.3. The van der Waals surface area contributed by atoms with Crippen LogP contribution in [0.25, 0.3) is 0 Å². The molecule has 0 bridgehead atoms. The summed E-state index contributed by atoms with van der Waals surface area (Å²) >= 11 is 1.73. The average Bonchev–Trinajstić information content (AvgIpc) is 2.34. The zero-order valence-electron chi connectivity index (χ0n) is 11.0. The fourth-order valence-electron chi connectivity index (χ4n) is 2.18. The van der Waals surface area contributed by atoms with Crippen LogP contribution in [-0.4, -0.2) is 42.8 Å². The number of rotatable bonds is 6. The third kappa shape index (κ3) is 7.06. The van der Waals surface area contributed by atoms with Crippen LogP contribution >= 0.6 is 11.8 Å². The van der Waals surface area contributed by atoms with Crippen molar-refractivity contribution < 1.29 is 22.7 Å². The fourth-order valence-corrected chi connectivity index (χ4v) is 3.11. The minimum atomic E-state index is -4.33. The standard InChI is InChI=1S/C12H20F3NO2S/c1-19-10-5-3-2-4-9(10)16-11(17)6-7-18-8-12(13,14)15/h9-10H,2-8H2,1H3,(H,16,17)/t9-,10-/m1/s1. The number of amides is 1. The van der Waals surface area contributed by atoms with Crippen molar-refractivity contribution in [3.8, 4) is 0 Å². The van der Waals surface area contributed by atoms with E-state index in [4.69, 9.17) is 0 Å². The van der Waals surface area contributed by atoms with E-state index >= 15 is 0 Å². The number of thioether (sulfide) groups is 1. The van der Waals surface area contributed by atoms with Crippen LogP contribution in [0.15, 0.2) is 0 Å². The van der Waals surface area contributed by atoms with Gasteiger partial charge in [0.1, 0.15) is 6.61 Å². The van der Waals surface area contributed by atoms with Crippen molar-refractivity contribution in [2.45, 2.75) is 49.6 Å². The molecule has 1 aliphatic rings. The number of hydrogen-bond acceptors (Lipinski definition) is 3. The molecule has 0 aromatic carbocycles. The first kappa shape index (κ1) is 16.6. The van der Waals surface area contributed by atoms with Gasteiger partial charge in [0.2, 0.25) is 5.91 Å². The molecule has 0 aromatic heterocycles. The van der Waals surface area contributed by atoms with Crippen LogP contribution in [0.3, 0.4) is 0 Å². The molecule has 2 atom stereocenters. The van der Waals surface area contributed by atoms with E-state index in [1.54, 1.807) is 11.8 Å². The molecule has 1 saturated carbocycles. The Morgan fingerprint density at radius 1 is 1.37 bits per heavy atom. The molecule has 1 amide bonds. The molecule has 1 rings (SSSR count). The second kappa shape index (κ2) is 7.99. The predicted molar refractivity (Wildman–Crippen MR) is 69.2 cm³/mol. The van der Waals surface area contributed by atoms with Gasteiger partial charge in [0.05, 0.1) is 6.61 Å². The Morgan fingerprint density at radius 3 is 2.68 bits per heavy atom. The van der Waals surface area contributed by atoms with Crippen LogP contribution in [0.4, 0.5) is 13.2 Å². The average molecular weight is 299 g/mol. The summed E-state index contributed by atoms with van der Waals surface area (Å²) in [5, 5.41) is 3.31. The number of halogens is 3. The zero-order valence-corrected chi connectivity index (χ0v) is 11.8. The van der Waals surface area contributed by atoms with Crippen molar-refractivity contribution in [1.29, 1.82) is 0 Å². The third-order valence-electron chi connectivity index (χ3n) is 3.09. The van der Waals surface area contributed by atoms with Gasteiger partial charge >= 0.3 is 6.18 Å². The van der Waals surface area contributed by atoms with Crippen LogP contribution in [0.2, 0.25) is 0 Å². The van der Waals surface area contributed by atoms with E-state index in [9.17, 15) is 18.0 Å². The highest BCUT2D eigenvalue weighted by atomic mass is 32.2. The highest BCUT2D eigenvalue weighted by molar-refractivity contribution is 7.99. The van der Waals surface area contributed by atoms with Crippen LogP contribution in [-0.2, 0) is 9.53 Å². The van der Waals surface area contributed by atoms with Crippen molar-refractivity contribution >= 4 is 17.7 Å². The van der Waals surface area contributed by atoms with Gasteiger partial charge in [0, 0.05) is 17.7 Å². The molecule has 3 nitrogen and oxygen atoms in total. The smallest absolute Gasteiger partial charge is 0.372 e. The number of hydrogen-bond donors (Lipinski definition) is 1. The molecular weight excluding hydrogens is 279 g/mol. The van der Waals surface area contributed by atoms with Gasteiger partial charge in [-0.3, -0.25) is 4.79 Å². The van der Waals surface area contributed by atoms with Crippen molar-refractivity contribution in [3.63, 3.8) is 0 Å². The number of carbonyl (C=O) groups excluding carboxylic acids is 1. The third-order valence-corrected chi connectivity index (χ3v) is 4.26. The minimum absolute atomic E-state index is 0.0202. The molecule has 0 radical (unpaired) electrons. The van der Waals surface area contributed by atoms with Gasteiger partial charge in [-0.05, 0) is 19.1 Å². The Morgan fingerprint density at radius 2 is 2.05 bits per heavy atom. The molecule has 1 N–H and O–H groups in total. The van der Waals surface area contributed by atoms with Crippen molar-refractivity contribution in [1.82, 2.24) is 5.32 Å². The molecule has 0 aromatic rings. The Labute approximate surface area is 115 Å². The molecule has 0 heterocycles. The van der Waals surface area contributed by atoms with Crippen LogP contribution < -0.4 is 5.32 Å². The molecule has 0 aliphatic heterocycles. The number of ether oxygens (including phenoxy) is 1. The van der Waals surface area contributed by atoms with E-state index in [0.29, 0.717) is 5.25 Å². The lowest BCUT2D eigenvalue weighted by atomic mass is 9.95. The van der Waals surface area contributed by atoms with E-state index in [0.717, 1.165) is 19.3 Å². The number of carbonyl (C=O) groups is 1. The summed E-state index contributed by atoms with van der Waals surface area (Å²) in [4.78, 5) is 11.6. The lowest BCUT2D eigenvalue weighted by Gasteiger charge is -2.30.